The van der Waals surface area contributed by atoms with Gasteiger partial charge >= 0.3 is 0 Å². The van der Waals surface area contributed by atoms with E-state index in [1.807, 2.05) is 44.2 Å². The molecule has 3 N–H and O–H groups in total. The summed E-state index contributed by atoms with van der Waals surface area (Å²) in [4.78, 5) is 0. The highest BCUT2D eigenvalue weighted by atomic mass is 14.7. The average Bonchev–Trinajstić information content (AvgIpc) is 2.08. The smallest absolute Gasteiger partial charge is 0.122 e. The maximum absolute atomic E-state index is 7.29. The Labute approximate surface area is 78.6 Å². The molecule has 0 radical (unpaired) electrons. The van der Waals surface area contributed by atoms with Gasteiger partial charge in [0.2, 0.25) is 0 Å². The number of hydrogen-bond donors (Lipinski definition) is 2. The van der Waals surface area contributed by atoms with E-state index in [2.05, 4.69) is 0 Å². The standard InChI is InChI=1S/C11H14N2/c1-3-4-9-7-10(11(12)13)6-5-8(9)2/h3-7H,1-2H3,(H3,12,13)/b4-3-. The first-order chi connectivity index (χ1) is 6.15. The second kappa shape index (κ2) is 3.90. The lowest BCUT2D eigenvalue weighted by atomic mass is 10.0. The number of nitrogen functional groups attached to an aromatic ring is 1. The van der Waals surface area contributed by atoms with E-state index in [9.17, 15) is 0 Å². The number of rotatable bonds is 2. The molecule has 13 heavy (non-hydrogen) atoms. The SMILES string of the molecule is C/C=C\c1cc(C(=N)N)ccc1C. The maximum Gasteiger partial charge on any atom is 0.122 e. The first kappa shape index (κ1) is 9.52. The molecule has 0 unspecified atom stereocenters. The average molecular weight is 174 g/mol. The predicted molar refractivity (Wildman–Crippen MR) is 56.9 cm³/mol. The Kier molecular flexibility index (Phi) is 2.85. The summed E-state index contributed by atoms with van der Waals surface area (Å²) in [5, 5.41) is 7.29. The molecule has 0 aliphatic carbocycles. The minimum Gasteiger partial charge on any atom is -0.384 e. The number of hydrogen-bond acceptors (Lipinski definition) is 1. The molecule has 0 aromatic heterocycles. The Balaban J connectivity index is 3.18. The van der Waals surface area contributed by atoms with Crippen molar-refractivity contribution < 1.29 is 0 Å². The zero-order chi connectivity index (χ0) is 9.84. The molecule has 0 saturated heterocycles. The fourth-order valence-corrected chi connectivity index (χ4v) is 1.17. The van der Waals surface area contributed by atoms with Crippen molar-refractivity contribution in [3.05, 3.63) is 41.0 Å². The lowest BCUT2D eigenvalue weighted by molar-refractivity contribution is 1.38. The molecule has 1 aromatic rings. The van der Waals surface area contributed by atoms with Crippen molar-refractivity contribution in [2.24, 2.45) is 5.73 Å². The molecule has 2 nitrogen and oxygen atoms in total. The van der Waals surface area contributed by atoms with E-state index >= 15 is 0 Å². The van der Waals surface area contributed by atoms with Gasteiger partial charge in [0.1, 0.15) is 5.84 Å². The summed E-state index contributed by atoms with van der Waals surface area (Å²) >= 11 is 0. The van der Waals surface area contributed by atoms with Crippen LogP contribution >= 0.6 is 0 Å². The van der Waals surface area contributed by atoms with Gasteiger partial charge in [-0.2, -0.15) is 0 Å². The lowest BCUT2D eigenvalue weighted by Gasteiger charge is -2.03. The van der Waals surface area contributed by atoms with Crippen LogP contribution in [0.5, 0.6) is 0 Å². The fraction of sp³-hybridized carbons (Fsp3) is 0.182. The first-order valence-corrected chi connectivity index (χ1v) is 4.23. The molecule has 68 valence electrons. The molecule has 0 fully saturated rings. The summed E-state index contributed by atoms with van der Waals surface area (Å²) in [6, 6.07) is 5.77. The number of nitrogens with one attached hydrogen (secondary N) is 1. The van der Waals surface area contributed by atoms with E-state index in [4.69, 9.17) is 11.1 Å². The van der Waals surface area contributed by atoms with Gasteiger partial charge in [0.15, 0.2) is 0 Å². The van der Waals surface area contributed by atoms with Gasteiger partial charge < -0.3 is 5.73 Å². The zero-order valence-electron chi connectivity index (χ0n) is 7.96. The summed E-state index contributed by atoms with van der Waals surface area (Å²) in [6.07, 6.45) is 3.99. The van der Waals surface area contributed by atoms with Crippen LogP contribution in [0.2, 0.25) is 0 Å². The molecular weight excluding hydrogens is 160 g/mol. The van der Waals surface area contributed by atoms with Crippen LogP contribution in [0.25, 0.3) is 6.08 Å². The van der Waals surface area contributed by atoms with Gasteiger partial charge in [-0.05, 0) is 31.0 Å². The summed E-state index contributed by atoms with van der Waals surface area (Å²) in [5.41, 5.74) is 8.48. The Hall–Kier alpha value is -1.57. The van der Waals surface area contributed by atoms with Gasteiger partial charge in [-0.1, -0.05) is 24.3 Å². The molecular formula is C11H14N2. The van der Waals surface area contributed by atoms with E-state index in [0.29, 0.717) is 0 Å². The van der Waals surface area contributed by atoms with E-state index in [1.165, 1.54) is 5.56 Å². The Morgan fingerprint density at radius 3 is 2.69 bits per heavy atom. The van der Waals surface area contributed by atoms with Gasteiger partial charge in [-0.3, -0.25) is 5.41 Å². The molecule has 0 saturated carbocycles. The third-order valence-corrected chi connectivity index (χ3v) is 1.94. The predicted octanol–water partition coefficient (Wildman–Crippen LogP) is 2.31. The number of amidine groups is 1. The molecule has 1 rings (SSSR count). The van der Waals surface area contributed by atoms with Crippen molar-refractivity contribution in [2.75, 3.05) is 0 Å². The van der Waals surface area contributed by atoms with Crippen LogP contribution < -0.4 is 5.73 Å². The van der Waals surface area contributed by atoms with Gasteiger partial charge in [-0.15, -0.1) is 0 Å². The Bertz CT molecular complexity index is 351. The van der Waals surface area contributed by atoms with Crippen LogP contribution in [0.3, 0.4) is 0 Å². The van der Waals surface area contributed by atoms with Crippen LogP contribution in [-0.4, -0.2) is 5.84 Å². The number of benzene rings is 1. The van der Waals surface area contributed by atoms with E-state index in [-0.39, 0.29) is 5.84 Å². The fourth-order valence-electron chi connectivity index (χ4n) is 1.17. The van der Waals surface area contributed by atoms with Crippen LogP contribution in [0.4, 0.5) is 0 Å². The van der Waals surface area contributed by atoms with Crippen LogP contribution in [0.15, 0.2) is 24.3 Å². The van der Waals surface area contributed by atoms with Crippen molar-refractivity contribution in [3.63, 3.8) is 0 Å². The number of aryl methyl sites for hydroxylation is 1. The van der Waals surface area contributed by atoms with Crippen LogP contribution in [-0.2, 0) is 0 Å². The first-order valence-electron chi connectivity index (χ1n) is 4.23. The second-order valence-electron chi connectivity index (χ2n) is 2.99. The van der Waals surface area contributed by atoms with Crippen LogP contribution in [0.1, 0.15) is 23.6 Å². The van der Waals surface area contributed by atoms with Crippen LogP contribution in [0, 0.1) is 12.3 Å². The Morgan fingerprint density at radius 1 is 1.46 bits per heavy atom. The highest BCUT2D eigenvalue weighted by Gasteiger charge is 1.98. The minimum absolute atomic E-state index is 0.116. The summed E-state index contributed by atoms with van der Waals surface area (Å²) < 4.78 is 0. The molecule has 0 heterocycles. The van der Waals surface area contributed by atoms with Crippen molar-refractivity contribution in [1.29, 1.82) is 5.41 Å². The molecule has 0 atom stereocenters. The molecule has 0 aliphatic rings. The van der Waals surface area contributed by atoms with Gasteiger partial charge in [0, 0.05) is 5.56 Å². The topological polar surface area (TPSA) is 49.9 Å². The highest BCUT2D eigenvalue weighted by Crippen LogP contribution is 2.12. The summed E-state index contributed by atoms with van der Waals surface area (Å²) in [6.45, 7) is 4.01. The maximum atomic E-state index is 7.29. The molecule has 0 aliphatic heterocycles. The van der Waals surface area contributed by atoms with Crippen molar-refractivity contribution in [2.45, 2.75) is 13.8 Å². The molecule has 1 aromatic carbocycles. The van der Waals surface area contributed by atoms with E-state index in [0.717, 1.165) is 11.1 Å². The van der Waals surface area contributed by atoms with Crippen molar-refractivity contribution >= 4 is 11.9 Å². The summed E-state index contributed by atoms with van der Waals surface area (Å²) in [5.74, 6) is 0.116. The number of allylic oxidation sites excluding steroid dienone is 1. The van der Waals surface area contributed by atoms with Gasteiger partial charge in [0.25, 0.3) is 0 Å². The number of nitrogens with two attached hydrogens (primary N) is 1. The Morgan fingerprint density at radius 2 is 2.15 bits per heavy atom. The van der Waals surface area contributed by atoms with Crippen molar-refractivity contribution in [1.82, 2.24) is 0 Å². The highest BCUT2D eigenvalue weighted by molar-refractivity contribution is 5.95. The second-order valence-corrected chi connectivity index (χ2v) is 2.99. The third kappa shape index (κ3) is 2.18. The van der Waals surface area contributed by atoms with Gasteiger partial charge in [-0.25, -0.2) is 0 Å². The van der Waals surface area contributed by atoms with Crippen molar-refractivity contribution in [3.8, 4) is 0 Å². The molecule has 2 heteroatoms. The normalized spacial score (nSPS) is 10.6. The lowest BCUT2D eigenvalue weighted by Crippen LogP contribution is -2.11. The third-order valence-electron chi connectivity index (χ3n) is 1.94. The van der Waals surface area contributed by atoms with E-state index in [1.54, 1.807) is 0 Å². The quantitative estimate of drug-likeness (QED) is 0.524. The summed E-state index contributed by atoms with van der Waals surface area (Å²) in [7, 11) is 0. The zero-order valence-corrected chi connectivity index (χ0v) is 7.96. The monoisotopic (exact) mass is 174 g/mol. The minimum atomic E-state index is 0.116. The molecule has 0 bridgehead atoms. The molecule has 0 spiro atoms. The van der Waals surface area contributed by atoms with E-state index < -0.39 is 0 Å². The van der Waals surface area contributed by atoms with Gasteiger partial charge in [0.05, 0.1) is 0 Å². The largest absolute Gasteiger partial charge is 0.384 e. The molecule has 0 amide bonds.